The SMILES string of the molecule is CCc1ccc(NS(=O)(=O)c2cc(C(=O)O)oc2C)cc1. The molecule has 1 aromatic carbocycles. The van der Waals surface area contributed by atoms with Gasteiger partial charge in [0.05, 0.1) is 0 Å². The molecule has 112 valence electrons. The van der Waals surface area contributed by atoms with Gasteiger partial charge in [0.15, 0.2) is 0 Å². The van der Waals surface area contributed by atoms with E-state index in [1.54, 1.807) is 12.1 Å². The van der Waals surface area contributed by atoms with Crippen LogP contribution < -0.4 is 4.72 Å². The van der Waals surface area contributed by atoms with E-state index in [9.17, 15) is 13.2 Å². The fourth-order valence-corrected chi connectivity index (χ4v) is 3.09. The normalized spacial score (nSPS) is 11.3. The molecule has 0 fully saturated rings. The van der Waals surface area contributed by atoms with Crippen molar-refractivity contribution in [3.05, 3.63) is 47.4 Å². The molecule has 0 bridgehead atoms. The molecule has 0 spiro atoms. The lowest BCUT2D eigenvalue weighted by Crippen LogP contribution is -2.13. The van der Waals surface area contributed by atoms with Crippen LogP contribution in [-0.2, 0) is 16.4 Å². The standard InChI is InChI=1S/C14H15NO5S/c1-3-10-4-6-11(7-5-10)15-21(18,19)13-8-12(14(16)17)20-9(13)2/h4-8,15H,3H2,1-2H3,(H,16,17). The van der Waals surface area contributed by atoms with Crippen molar-refractivity contribution in [3.8, 4) is 0 Å². The summed E-state index contributed by atoms with van der Waals surface area (Å²) < 4.78 is 31.8. The topological polar surface area (TPSA) is 96.6 Å². The van der Waals surface area contributed by atoms with Crippen LogP contribution in [0.2, 0.25) is 0 Å². The average Bonchev–Trinajstić information content (AvgIpc) is 2.82. The van der Waals surface area contributed by atoms with Crippen molar-refractivity contribution in [2.75, 3.05) is 4.72 Å². The van der Waals surface area contributed by atoms with Crippen LogP contribution in [0.1, 0.15) is 28.8 Å². The van der Waals surface area contributed by atoms with Crippen LogP contribution in [-0.4, -0.2) is 19.5 Å². The monoisotopic (exact) mass is 309 g/mol. The summed E-state index contributed by atoms with van der Waals surface area (Å²) in [7, 11) is -3.88. The first-order valence-electron chi connectivity index (χ1n) is 6.29. The second-order valence-electron chi connectivity index (χ2n) is 4.49. The van der Waals surface area contributed by atoms with Crippen LogP contribution >= 0.6 is 0 Å². The minimum Gasteiger partial charge on any atom is -0.475 e. The van der Waals surface area contributed by atoms with Gasteiger partial charge in [0, 0.05) is 11.8 Å². The molecule has 6 nitrogen and oxygen atoms in total. The zero-order chi connectivity index (χ0) is 15.6. The molecule has 1 aromatic heterocycles. The summed E-state index contributed by atoms with van der Waals surface area (Å²) in [4.78, 5) is 10.6. The van der Waals surface area contributed by atoms with Crippen molar-refractivity contribution in [2.45, 2.75) is 25.2 Å². The molecule has 21 heavy (non-hydrogen) atoms. The third-order valence-electron chi connectivity index (χ3n) is 2.99. The first-order chi connectivity index (χ1) is 9.83. The summed E-state index contributed by atoms with van der Waals surface area (Å²) in [6.45, 7) is 3.41. The predicted octanol–water partition coefficient (Wildman–Crippen LogP) is 2.65. The van der Waals surface area contributed by atoms with Gasteiger partial charge in [0.25, 0.3) is 10.0 Å². The second-order valence-corrected chi connectivity index (χ2v) is 6.14. The zero-order valence-electron chi connectivity index (χ0n) is 11.6. The van der Waals surface area contributed by atoms with E-state index in [2.05, 4.69) is 4.72 Å². The second kappa shape index (κ2) is 5.61. The highest BCUT2D eigenvalue weighted by atomic mass is 32.2. The number of benzene rings is 1. The number of hydrogen-bond donors (Lipinski definition) is 2. The van der Waals surface area contributed by atoms with Crippen molar-refractivity contribution in [2.24, 2.45) is 0 Å². The van der Waals surface area contributed by atoms with E-state index in [-0.39, 0.29) is 10.7 Å². The Hall–Kier alpha value is -2.28. The summed E-state index contributed by atoms with van der Waals surface area (Å²) in [6, 6.07) is 7.96. The molecule has 0 amide bonds. The van der Waals surface area contributed by atoms with Gasteiger partial charge in [-0.3, -0.25) is 4.72 Å². The number of carboxylic acid groups (broad SMARTS) is 1. The Balaban J connectivity index is 2.31. The molecule has 0 saturated carbocycles. The van der Waals surface area contributed by atoms with E-state index in [4.69, 9.17) is 9.52 Å². The molecule has 0 aliphatic rings. The molecule has 0 atom stereocenters. The number of anilines is 1. The minimum absolute atomic E-state index is 0.0325. The highest BCUT2D eigenvalue weighted by Gasteiger charge is 2.23. The third kappa shape index (κ3) is 3.25. The van der Waals surface area contributed by atoms with Gasteiger partial charge < -0.3 is 9.52 Å². The molecule has 2 aromatic rings. The average molecular weight is 309 g/mol. The van der Waals surface area contributed by atoms with Gasteiger partial charge in [-0.25, -0.2) is 13.2 Å². The number of rotatable bonds is 5. The molecule has 7 heteroatoms. The number of aryl methyl sites for hydroxylation is 2. The maximum absolute atomic E-state index is 12.2. The lowest BCUT2D eigenvalue weighted by atomic mass is 10.2. The van der Waals surface area contributed by atoms with Crippen LogP contribution in [0.3, 0.4) is 0 Å². The zero-order valence-corrected chi connectivity index (χ0v) is 12.4. The van der Waals surface area contributed by atoms with Crippen molar-refractivity contribution in [1.82, 2.24) is 0 Å². The van der Waals surface area contributed by atoms with Gasteiger partial charge in [-0.15, -0.1) is 0 Å². The Labute approximate surface area is 122 Å². The highest BCUT2D eigenvalue weighted by molar-refractivity contribution is 7.92. The fourth-order valence-electron chi connectivity index (χ4n) is 1.86. The van der Waals surface area contributed by atoms with Gasteiger partial charge >= 0.3 is 5.97 Å². The number of hydrogen-bond acceptors (Lipinski definition) is 4. The van der Waals surface area contributed by atoms with Crippen LogP contribution in [0.25, 0.3) is 0 Å². The number of aromatic carboxylic acids is 1. The van der Waals surface area contributed by atoms with E-state index in [1.807, 2.05) is 19.1 Å². The van der Waals surface area contributed by atoms with E-state index < -0.39 is 21.8 Å². The highest BCUT2D eigenvalue weighted by Crippen LogP contribution is 2.23. The number of sulfonamides is 1. The van der Waals surface area contributed by atoms with E-state index >= 15 is 0 Å². The lowest BCUT2D eigenvalue weighted by Gasteiger charge is -2.07. The summed E-state index contributed by atoms with van der Waals surface area (Å²) in [5.74, 6) is -1.69. The molecular formula is C14H15NO5S. The smallest absolute Gasteiger partial charge is 0.371 e. The molecule has 0 unspecified atom stereocenters. The molecule has 0 aliphatic carbocycles. The van der Waals surface area contributed by atoms with Crippen molar-refractivity contribution in [1.29, 1.82) is 0 Å². The first-order valence-corrected chi connectivity index (χ1v) is 7.77. The maximum Gasteiger partial charge on any atom is 0.371 e. The molecule has 0 radical (unpaired) electrons. The van der Waals surface area contributed by atoms with Gasteiger partial charge in [0.1, 0.15) is 10.7 Å². The number of carboxylic acids is 1. The minimum atomic E-state index is -3.88. The van der Waals surface area contributed by atoms with Crippen molar-refractivity contribution in [3.63, 3.8) is 0 Å². The molecule has 2 N–H and O–H groups in total. The van der Waals surface area contributed by atoms with E-state index in [0.29, 0.717) is 5.69 Å². The summed E-state index contributed by atoms with van der Waals surface area (Å²) in [5.41, 5.74) is 1.50. The van der Waals surface area contributed by atoms with Gasteiger partial charge in [-0.05, 0) is 31.0 Å². The van der Waals surface area contributed by atoms with Crippen molar-refractivity contribution >= 4 is 21.7 Å². The molecular weight excluding hydrogens is 294 g/mol. The Kier molecular flexibility index (Phi) is 4.04. The Morgan fingerprint density at radius 3 is 2.38 bits per heavy atom. The van der Waals surface area contributed by atoms with Gasteiger partial charge in [-0.1, -0.05) is 19.1 Å². The summed E-state index contributed by atoms with van der Waals surface area (Å²) in [6.07, 6.45) is 0.857. The Morgan fingerprint density at radius 2 is 1.90 bits per heavy atom. The first kappa shape index (κ1) is 15.1. The lowest BCUT2D eigenvalue weighted by molar-refractivity contribution is 0.0661. The molecule has 2 rings (SSSR count). The number of nitrogens with one attached hydrogen (secondary N) is 1. The van der Waals surface area contributed by atoms with Gasteiger partial charge in [0.2, 0.25) is 5.76 Å². The largest absolute Gasteiger partial charge is 0.475 e. The van der Waals surface area contributed by atoms with Crippen LogP contribution in [0, 0.1) is 6.92 Å². The molecule has 1 heterocycles. The predicted molar refractivity (Wildman–Crippen MR) is 77.0 cm³/mol. The van der Waals surface area contributed by atoms with Crippen LogP contribution in [0.15, 0.2) is 39.6 Å². The van der Waals surface area contributed by atoms with Crippen LogP contribution in [0.5, 0.6) is 0 Å². The molecule has 0 saturated heterocycles. The van der Waals surface area contributed by atoms with Crippen LogP contribution in [0.4, 0.5) is 5.69 Å². The van der Waals surface area contributed by atoms with Crippen molar-refractivity contribution < 1.29 is 22.7 Å². The van der Waals surface area contributed by atoms with Gasteiger partial charge in [-0.2, -0.15) is 0 Å². The number of furan rings is 1. The van der Waals surface area contributed by atoms with E-state index in [1.165, 1.54) is 6.92 Å². The van der Waals surface area contributed by atoms with E-state index in [0.717, 1.165) is 18.1 Å². The third-order valence-corrected chi connectivity index (χ3v) is 4.48. The Bertz CT molecular complexity index is 759. The molecule has 0 aliphatic heterocycles. The quantitative estimate of drug-likeness (QED) is 0.885. The summed E-state index contributed by atoms with van der Waals surface area (Å²) >= 11 is 0. The summed E-state index contributed by atoms with van der Waals surface area (Å²) in [5, 5.41) is 8.83. The number of carbonyl (C=O) groups is 1. The fraction of sp³-hybridized carbons (Fsp3) is 0.214. The Morgan fingerprint density at radius 1 is 1.29 bits per heavy atom. The maximum atomic E-state index is 12.2.